The van der Waals surface area contributed by atoms with E-state index in [2.05, 4.69) is 23.2 Å². The third-order valence-electron chi connectivity index (χ3n) is 3.88. The molecule has 3 rings (SSSR count). The monoisotopic (exact) mass is 293 g/mol. The van der Waals surface area contributed by atoms with E-state index in [9.17, 15) is 0 Å². The van der Waals surface area contributed by atoms with Crippen molar-refractivity contribution in [3.8, 4) is 0 Å². The van der Waals surface area contributed by atoms with Crippen LogP contribution in [0.5, 0.6) is 0 Å². The zero-order valence-corrected chi connectivity index (χ0v) is 12.3. The van der Waals surface area contributed by atoms with Gasteiger partial charge in [-0.2, -0.15) is 0 Å². The summed E-state index contributed by atoms with van der Waals surface area (Å²) in [5, 5.41) is 7.41. The van der Waals surface area contributed by atoms with Gasteiger partial charge in [-0.15, -0.1) is 0 Å². The van der Waals surface area contributed by atoms with Gasteiger partial charge in [-0.25, -0.2) is 4.99 Å². The van der Waals surface area contributed by atoms with Crippen LogP contribution in [0.25, 0.3) is 0 Å². The van der Waals surface area contributed by atoms with E-state index < -0.39 is 0 Å². The lowest BCUT2D eigenvalue weighted by molar-refractivity contribution is 0.993. The van der Waals surface area contributed by atoms with Crippen LogP contribution in [0.1, 0.15) is 27.8 Å². The molecule has 7 N–H and O–H groups in total. The van der Waals surface area contributed by atoms with Gasteiger partial charge >= 0.3 is 0 Å². The molecule has 5 heteroatoms. The average molecular weight is 293 g/mol. The van der Waals surface area contributed by atoms with Gasteiger partial charge in [0.2, 0.25) is 0 Å². The number of nitrogens with two attached hydrogens (primary N) is 3. The third-order valence-corrected chi connectivity index (χ3v) is 3.88. The van der Waals surface area contributed by atoms with Gasteiger partial charge in [0.05, 0.1) is 11.5 Å². The average Bonchev–Trinajstić information content (AvgIpc) is 2.44. The number of aliphatic imine (C=N–C) groups is 1. The third kappa shape index (κ3) is 2.93. The van der Waals surface area contributed by atoms with Gasteiger partial charge in [0.25, 0.3) is 0 Å². The van der Waals surface area contributed by atoms with Crippen molar-refractivity contribution in [2.75, 3.05) is 0 Å². The van der Waals surface area contributed by atoms with Crippen molar-refractivity contribution in [3.63, 3.8) is 0 Å². The molecule has 0 saturated carbocycles. The minimum atomic E-state index is 0.0741. The van der Waals surface area contributed by atoms with E-state index in [0.29, 0.717) is 6.42 Å². The van der Waals surface area contributed by atoms with Crippen LogP contribution in [0.3, 0.4) is 0 Å². The van der Waals surface area contributed by atoms with Gasteiger partial charge in [-0.3, -0.25) is 5.41 Å². The summed E-state index contributed by atoms with van der Waals surface area (Å²) in [5.74, 6) is 0.267. The molecule has 0 atom stereocenters. The Morgan fingerprint density at radius 3 is 2.18 bits per heavy atom. The van der Waals surface area contributed by atoms with Crippen molar-refractivity contribution in [2.45, 2.75) is 19.3 Å². The number of nitrogens with one attached hydrogen (secondary N) is 1. The zero-order valence-electron chi connectivity index (χ0n) is 12.3. The highest BCUT2D eigenvalue weighted by molar-refractivity contribution is 5.80. The minimum Gasteiger partial charge on any atom is -0.387 e. The number of hydrogen-bond acceptors (Lipinski definition) is 2. The van der Waals surface area contributed by atoms with E-state index in [1.807, 2.05) is 18.2 Å². The summed E-state index contributed by atoms with van der Waals surface area (Å²) >= 11 is 0. The fourth-order valence-electron chi connectivity index (χ4n) is 2.92. The Kier molecular flexibility index (Phi) is 3.55. The van der Waals surface area contributed by atoms with Gasteiger partial charge in [-0.05, 0) is 52.8 Å². The first-order valence-corrected chi connectivity index (χ1v) is 7.16. The molecule has 0 spiro atoms. The first-order chi connectivity index (χ1) is 10.5. The first kappa shape index (κ1) is 14.1. The first-order valence-electron chi connectivity index (χ1n) is 7.16. The molecule has 0 aliphatic heterocycles. The van der Waals surface area contributed by atoms with Crippen molar-refractivity contribution in [3.05, 3.63) is 64.2 Å². The maximum atomic E-state index is 7.41. The van der Waals surface area contributed by atoms with E-state index in [-0.39, 0.29) is 11.8 Å². The number of fused-ring (bicyclic) bond motifs is 2. The number of amidine groups is 1. The summed E-state index contributed by atoms with van der Waals surface area (Å²) in [5.41, 5.74) is 23.4. The van der Waals surface area contributed by atoms with Crippen molar-refractivity contribution in [2.24, 2.45) is 22.2 Å². The molecule has 112 valence electrons. The smallest absolute Gasteiger partial charge is 0.191 e. The largest absolute Gasteiger partial charge is 0.387 e. The SMILES string of the molecule is N=C(N)Cc1ccc2c(c1)Cc1ccc(N=C(N)N)cc1C2. The molecule has 1 aliphatic rings. The molecule has 0 amide bonds. The fourth-order valence-corrected chi connectivity index (χ4v) is 2.92. The van der Waals surface area contributed by atoms with Gasteiger partial charge < -0.3 is 17.2 Å². The molecular formula is C17H19N5. The second kappa shape index (κ2) is 5.52. The molecule has 0 radical (unpaired) electrons. The maximum Gasteiger partial charge on any atom is 0.191 e. The Labute approximate surface area is 129 Å². The summed E-state index contributed by atoms with van der Waals surface area (Å²) in [4.78, 5) is 4.11. The molecule has 0 fully saturated rings. The van der Waals surface area contributed by atoms with Gasteiger partial charge in [0.1, 0.15) is 0 Å². The summed E-state index contributed by atoms with van der Waals surface area (Å²) < 4.78 is 0. The molecular weight excluding hydrogens is 274 g/mol. The maximum absolute atomic E-state index is 7.41. The van der Waals surface area contributed by atoms with Crippen LogP contribution in [0.2, 0.25) is 0 Å². The number of hydrogen-bond donors (Lipinski definition) is 4. The van der Waals surface area contributed by atoms with E-state index in [1.54, 1.807) is 0 Å². The van der Waals surface area contributed by atoms with E-state index in [4.69, 9.17) is 22.6 Å². The van der Waals surface area contributed by atoms with Crippen molar-refractivity contribution in [1.29, 1.82) is 5.41 Å². The highest BCUT2D eigenvalue weighted by atomic mass is 15.0. The van der Waals surface area contributed by atoms with E-state index >= 15 is 0 Å². The molecule has 2 aromatic rings. The second-order valence-corrected chi connectivity index (χ2v) is 5.65. The van der Waals surface area contributed by atoms with Gasteiger partial charge in [0, 0.05) is 6.42 Å². The summed E-state index contributed by atoms with van der Waals surface area (Å²) in [6, 6.07) is 12.4. The lowest BCUT2D eigenvalue weighted by Crippen LogP contribution is -2.21. The summed E-state index contributed by atoms with van der Waals surface area (Å²) in [6.07, 6.45) is 2.26. The van der Waals surface area contributed by atoms with E-state index in [1.165, 1.54) is 22.3 Å². The topological polar surface area (TPSA) is 114 Å². The Balaban J connectivity index is 1.91. The Morgan fingerprint density at radius 1 is 0.909 bits per heavy atom. The number of rotatable bonds is 3. The Morgan fingerprint density at radius 2 is 1.55 bits per heavy atom. The highest BCUT2D eigenvalue weighted by Crippen LogP contribution is 2.30. The number of nitrogens with zero attached hydrogens (tertiary/aromatic N) is 1. The summed E-state index contributed by atoms with van der Waals surface area (Å²) in [7, 11) is 0. The molecule has 1 aliphatic carbocycles. The predicted octanol–water partition coefficient (Wildman–Crippen LogP) is 1.56. The van der Waals surface area contributed by atoms with Crippen molar-refractivity contribution >= 4 is 17.5 Å². The van der Waals surface area contributed by atoms with Crippen LogP contribution in [0, 0.1) is 5.41 Å². The van der Waals surface area contributed by atoms with Crippen LogP contribution in [0.15, 0.2) is 41.4 Å². The quantitative estimate of drug-likeness (QED) is 0.434. The van der Waals surface area contributed by atoms with Crippen LogP contribution in [-0.2, 0) is 19.3 Å². The molecule has 0 aromatic heterocycles. The molecule has 2 aromatic carbocycles. The Bertz CT molecular complexity index is 773. The lowest BCUT2D eigenvalue weighted by atomic mass is 9.84. The molecule has 0 bridgehead atoms. The van der Waals surface area contributed by atoms with Gasteiger partial charge in [0.15, 0.2) is 5.96 Å². The summed E-state index contributed by atoms with van der Waals surface area (Å²) in [6.45, 7) is 0. The highest BCUT2D eigenvalue weighted by Gasteiger charge is 2.16. The molecule has 22 heavy (non-hydrogen) atoms. The molecule has 0 unspecified atom stereocenters. The van der Waals surface area contributed by atoms with Crippen LogP contribution >= 0.6 is 0 Å². The van der Waals surface area contributed by atoms with Crippen LogP contribution < -0.4 is 17.2 Å². The van der Waals surface area contributed by atoms with E-state index in [0.717, 1.165) is 24.1 Å². The predicted molar refractivity (Wildman–Crippen MR) is 89.6 cm³/mol. The van der Waals surface area contributed by atoms with Crippen molar-refractivity contribution in [1.82, 2.24) is 0 Å². The molecule has 0 heterocycles. The second-order valence-electron chi connectivity index (χ2n) is 5.65. The fraction of sp³-hybridized carbons (Fsp3) is 0.176. The number of guanidine groups is 1. The standard InChI is InChI=1S/C17H19N5/c18-16(19)6-10-1-2-11-8-14-9-15(22-17(20)21)4-3-12(14)7-13(11)5-10/h1-5,9H,6-8H2,(H3,18,19)(H4,20,21,22). The van der Waals surface area contributed by atoms with Crippen molar-refractivity contribution < 1.29 is 0 Å². The molecule has 0 saturated heterocycles. The van der Waals surface area contributed by atoms with Crippen LogP contribution in [-0.4, -0.2) is 11.8 Å². The lowest BCUT2D eigenvalue weighted by Gasteiger charge is -2.21. The van der Waals surface area contributed by atoms with Gasteiger partial charge in [-0.1, -0.05) is 24.3 Å². The normalized spacial score (nSPS) is 12.2. The number of benzene rings is 2. The Hall–Kier alpha value is -2.82. The molecule has 5 nitrogen and oxygen atoms in total. The van der Waals surface area contributed by atoms with Crippen LogP contribution in [0.4, 0.5) is 5.69 Å². The zero-order chi connectivity index (χ0) is 15.7. The minimum absolute atomic E-state index is 0.0741.